The molecular weight excluding hydrogens is 214 g/mol. The highest BCUT2D eigenvalue weighted by Gasteiger charge is 2.30. The van der Waals surface area contributed by atoms with Crippen molar-refractivity contribution in [2.75, 3.05) is 6.54 Å². The van der Waals surface area contributed by atoms with Gasteiger partial charge in [-0.15, -0.1) is 11.3 Å². The molecule has 1 N–H and O–H groups in total. The third-order valence-electron chi connectivity index (χ3n) is 4.36. The van der Waals surface area contributed by atoms with E-state index >= 15 is 0 Å². The Bertz CT molecular complexity index is 349. The molecule has 3 rings (SSSR count). The number of thiophene rings is 1. The Morgan fingerprint density at radius 1 is 1.25 bits per heavy atom. The highest BCUT2D eigenvalue weighted by atomic mass is 32.1. The zero-order valence-electron chi connectivity index (χ0n) is 10.0. The van der Waals surface area contributed by atoms with Crippen molar-refractivity contribution in [2.45, 2.75) is 45.1 Å². The van der Waals surface area contributed by atoms with Crippen LogP contribution in [-0.4, -0.2) is 6.54 Å². The van der Waals surface area contributed by atoms with E-state index in [4.69, 9.17) is 0 Å². The molecule has 1 unspecified atom stereocenters. The van der Waals surface area contributed by atoms with Crippen LogP contribution < -0.4 is 5.32 Å². The van der Waals surface area contributed by atoms with Crippen molar-refractivity contribution in [1.82, 2.24) is 5.32 Å². The zero-order valence-corrected chi connectivity index (χ0v) is 10.9. The molecular formula is C14H21NS. The summed E-state index contributed by atoms with van der Waals surface area (Å²) in [5.41, 5.74) is 1.62. The van der Waals surface area contributed by atoms with Crippen molar-refractivity contribution >= 4 is 11.3 Å². The number of fused-ring (bicyclic) bond motifs is 1. The molecule has 0 aromatic carbocycles. The van der Waals surface area contributed by atoms with Gasteiger partial charge in [-0.2, -0.15) is 0 Å². The van der Waals surface area contributed by atoms with Gasteiger partial charge in [0, 0.05) is 17.5 Å². The van der Waals surface area contributed by atoms with Crippen LogP contribution in [-0.2, 0) is 6.42 Å². The molecule has 0 saturated heterocycles. The fourth-order valence-electron chi connectivity index (χ4n) is 3.32. The third-order valence-corrected chi connectivity index (χ3v) is 5.36. The number of rotatable bonds is 1. The van der Waals surface area contributed by atoms with Crippen molar-refractivity contribution in [3.63, 3.8) is 0 Å². The van der Waals surface area contributed by atoms with E-state index in [2.05, 4.69) is 23.7 Å². The molecule has 0 radical (unpaired) electrons. The second-order valence-corrected chi connectivity index (χ2v) is 6.50. The molecule has 88 valence electrons. The van der Waals surface area contributed by atoms with Crippen LogP contribution in [0.15, 0.2) is 11.4 Å². The second-order valence-electron chi connectivity index (χ2n) is 5.50. The van der Waals surface area contributed by atoms with Crippen LogP contribution in [0.3, 0.4) is 0 Å². The van der Waals surface area contributed by atoms with Gasteiger partial charge in [-0.3, -0.25) is 0 Å². The summed E-state index contributed by atoms with van der Waals surface area (Å²) in [6, 6.07) is 3.02. The molecule has 1 aliphatic carbocycles. The SMILES string of the molecule is CC1CCC(C2NCCc3sccc32)CC1. The summed E-state index contributed by atoms with van der Waals surface area (Å²) in [6.07, 6.45) is 6.96. The highest BCUT2D eigenvalue weighted by Crippen LogP contribution is 2.40. The lowest BCUT2D eigenvalue weighted by atomic mass is 9.76. The third kappa shape index (κ3) is 1.93. The van der Waals surface area contributed by atoms with Crippen LogP contribution in [0, 0.1) is 11.8 Å². The van der Waals surface area contributed by atoms with Crippen molar-refractivity contribution in [3.05, 3.63) is 21.9 Å². The monoisotopic (exact) mass is 235 g/mol. The number of nitrogens with one attached hydrogen (secondary N) is 1. The Morgan fingerprint density at radius 3 is 2.88 bits per heavy atom. The first-order valence-electron chi connectivity index (χ1n) is 6.64. The summed E-state index contributed by atoms with van der Waals surface area (Å²) in [4.78, 5) is 1.64. The fraction of sp³-hybridized carbons (Fsp3) is 0.714. The van der Waals surface area contributed by atoms with Gasteiger partial charge in [0.05, 0.1) is 0 Å². The Labute approximate surface area is 102 Å². The summed E-state index contributed by atoms with van der Waals surface area (Å²) < 4.78 is 0. The predicted molar refractivity (Wildman–Crippen MR) is 69.9 cm³/mol. The number of hydrogen-bond acceptors (Lipinski definition) is 2. The van der Waals surface area contributed by atoms with Crippen LogP contribution in [0.2, 0.25) is 0 Å². The van der Waals surface area contributed by atoms with Crippen molar-refractivity contribution in [1.29, 1.82) is 0 Å². The molecule has 0 amide bonds. The molecule has 0 bridgehead atoms. The summed E-state index contributed by atoms with van der Waals surface area (Å²) in [5, 5.41) is 6.03. The van der Waals surface area contributed by atoms with E-state index < -0.39 is 0 Å². The van der Waals surface area contributed by atoms with Crippen LogP contribution in [0.25, 0.3) is 0 Å². The van der Waals surface area contributed by atoms with Gasteiger partial charge in [-0.1, -0.05) is 19.8 Å². The van der Waals surface area contributed by atoms with Gasteiger partial charge >= 0.3 is 0 Å². The van der Waals surface area contributed by atoms with Crippen LogP contribution in [0.1, 0.15) is 49.1 Å². The Morgan fingerprint density at radius 2 is 2.06 bits per heavy atom. The first-order chi connectivity index (χ1) is 7.84. The maximum absolute atomic E-state index is 3.75. The molecule has 1 aromatic rings. The lowest BCUT2D eigenvalue weighted by molar-refractivity contribution is 0.227. The molecule has 1 aromatic heterocycles. The molecule has 1 saturated carbocycles. The van der Waals surface area contributed by atoms with Gasteiger partial charge in [0.1, 0.15) is 0 Å². The molecule has 1 fully saturated rings. The smallest absolute Gasteiger partial charge is 0.0359 e. The molecule has 16 heavy (non-hydrogen) atoms. The van der Waals surface area contributed by atoms with Crippen LogP contribution in [0.5, 0.6) is 0 Å². The minimum atomic E-state index is 0.669. The summed E-state index contributed by atoms with van der Waals surface area (Å²) >= 11 is 1.95. The van der Waals surface area contributed by atoms with Crippen LogP contribution in [0.4, 0.5) is 0 Å². The van der Waals surface area contributed by atoms with Crippen molar-refractivity contribution in [2.24, 2.45) is 11.8 Å². The average molecular weight is 235 g/mol. The van der Waals surface area contributed by atoms with E-state index in [1.807, 2.05) is 11.3 Å². The van der Waals surface area contributed by atoms with E-state index in [0.29, 0.717) is 6.04 Å². The quantitative estimate of drug-likeness (QED) is 0.781. The lowest BCUT2D eigenvalue weighted by Crippen LogP contribution is -2.35. The summed E-state index contributed by atoms with van der Waals surface area (Å²) in [7, 11) is 0. The zero-order chi connectivity index (χ0) is 11.0. The molecule has 2 heterocycles. The molecule has 2 aliphatic rings. The average Bonchev–Trinajstić information content (AvgIpc) is 2.78. The van der Waals surface area contributed by atoms with Crippen molar-refractivity contribution < 1.29 is 0 Å². The minimum Gasteiger partial charge on any atom is -0.309 e. The van der Waals surface area contributed by atoms with E-state index in [9.17, 15) is 0 Å². The Kier molecular flexibility index (Phi) is 3.03. The molecule has 1 aliphatic heterocycles. The van der Waals surface area contributed by atoms with Crippen LogP contribution >= 0.6 is 11.3 Å². The van der Waals surface area contributed by atoms with Gasteiger partial charge in [-0.05, 0) is 48.1 Å². The largest absolute Gasteiger partial charge is 0.309 e. The van der Waals surface area contributed by atoms with E-state index in [-0.39, 0.29) is 0 Å². The maximum atomic E-state index is 3.75. The number of hydrogen-bond donors (Lipinski definition) is 1. The van der Waals surface area contributed by atoms with Gasteiger partial charge in [0.2, 0.25) is 0 Å². The molecule has 1 atom stereocenters. The van der Waals surface area contributed by atoms with E-state index in [1.54, 1.807) is 10.4 Å². The van der Waals surface area contributed by atoms with E-state index in [1.165, 1.54) is 38.6 Å². The molecule has 2 heteroatoms. The van der Waals surface area contributed by atoms with Gasteiger partial charge in [0.15, 0.2) is 0 Å². The normalized spacial score (nSPS) is 34.7. The topological polar surface area (TPSA) is 12.0 Å². The fourth-order valence-corrected chi connectivity index (χ4v) is 4.25. The van der Waals surface area contributed by atoms with Gasteiger partial charge < -0.3 is 5.32 Å². The predicted octanol–water partition coefficient (Wildman–Crippen LogP) is 3.76. The Balaban J connectivity index is 1.77. The summed E-state index contributed by atoms with van der Waals surface area (Å²) in [5.74, 6) is 1.85. The van der Waals surface area contributed by atoms with Crippen molar-refractivity contribution in [3.8, 4) is 0 Å². The molecule has 0 spiro atoms. The Hall–Kier alpha value is -0.340. The van der Waals surface area contributed by atoms with Gasteiger partial charge in [-0.25, -0.2) is 0 Å². The first-order valence-corrected chi connectivity index (χ1v) is 7.52. The van der Waals surface area contributed by atoms with Gasteiger partial charge in [0.25, 0.3) is 0 Å². The minimum absolute atomic E-state index is 0.669. The first kappa shape index (κ1) is 10.8. The highest BCUT2D eigenvalue weighted by molar-refractivity contribution is 7.10. The maximum Gasteiger partial charge on any atom is 0.0359 e. The lowest BCUT2D eigenvalue weighted by Gasteiger charge is -2.35. The standard InChI is InChI=1S/C14H21NS/c1-10-2-4-11(5-3-10)14-12-7-9-16-13(12)6-8-15-14/h7,9-11,14-15H,2-6,8H2,1H3. The summed E-state index contributed by atoms with van der Waals surface area (Å²) in [6.45, 7) is 3.59. The second kappa shape index (κ2) is 4.50. The molecule has 1 nitrogen and oxygen atoms in total. The van der Waals surface area contributed by atoms with E-state index in [0.717, 1.165) is 11.8 Å².